The van der Waals surface area contributed by atoms with E-state index in [4.69, 9.17) is 0 Å². The summed E-state index contributed by atoms with van der Waals surface area (Å²) in [5.41, 5.74) is -0.151. The second-order valence-electron chi connectivity index (χ2n) is 4.59. The van der Waals surface area contributed by atoms with E-state index in [1.165, 1.54) is 24.3 Å². The van der Waals surface area contributed by atoms with E-state index >= 15 is 0 Å². The van der Waals surface area contributed by atoms with Gasteiger partial charge in [0.1, 0.15) is 0 Å². The van der Waals surface area contributed by atoms with Crippen molar-refractivity contribution in [3.05, 3.63) is 41.5 Å². The Labute approximate surface area is 110 Å². The molecule has 1 aromatic carbocycles. The number of hydrogen-bond donors (Lipinski definition) is 1. The number of benzene rings is 1. The summed E-state index contributed by atoms with van der Waals surface area (Å²) in [5.74, 6) is 0.0945. The number of nitrogens with one attached hydrogen (secondary N) is 1. The van der Waals surface area contributed by atoms with Gasteiger partial charge in [-0.1, -0.05) is 26.0 Å². The zero-order chi connectivity index (χ0) is 14.5. The van der Waals surface area contributed by atoms with E-state index in [1.54, 1.807) is 0 Å². The van der Waals surface area contributed by atoms with Crippen LogP contribution in [0, 0.1) is 5.92 Å². The molecule has 0 aliphatic rings. The van der Waals surface area contributed by atoms with E-state index in [2.05, 4.69) is 5.32 Å². The summed E-state index contributed by atoms with van der Waals surface area (Å²) in [7, 11) is 0. The van der Waals surface area contributed by atoms with Crippen molar-refractivity contribution in [2.24, 2.45) is 5.92 Å². The fraction of sp³-hybridized carbons (Fsp3) is 0.357. The van der Waals surface area contributed by atoms with Crippen molar-refractivity contribution in [2.45, 2.75) is 20.0 Å². The fourth-order valence-corrected chi connectivity index (χ4v) is 1.32. The predicted molar refractivity (Wildman–Crippen MR) is 68.3 cm³/mol. The number of hydrogen-bond acceptors (Lipinski definition) is 1. The molecule has 0 spiro atoms. The van der Waals surface area contributed by atoms with Crippen molar-refractivity contribution in [2.75, 3.05) is 6.54 Å². The molecule has 0 atom stereocenters. The third-order valence-electron chi connectivity index (χ3n) is 2.35. The maximum atomic E-state index is 12.3. The first kappa shape index (κ1) is 15.3. The molecule has 0 saturated carbocycles. The minimum absolute atomic E-state index is 0.256. The van der Waals surface area contributed by atoms with Gasteiger partial charge in [-0.05, 0) is 29.7 Å². The van der Waals surface area contributed by atoms with Crippen molar-refractivity contribution >= 4 is 12.0 Å². The molecule has 1 amide bonds. The lowest BCUT2D eigenvalue weighted by molar-refractivity contribution is -0.137. The molecule has 0 aliphatic heterocycles. The Hall–Kier alpha value is -1.78. The summed E-state index contributed by atoms with van der Waals surface area (Å²) in [4.78, 5) is 11.4. The Balaban J connectivity index is 2.60. The van der Waals surface area contributed by atoms with Crippen LogP contribution in [0.2, 0.25) is 0 Å². The highest BCUT2D eigenvalue weighted by molar-refractivity contribution is 5.91. The maximum Gasteiger partial charge on any atom is 0.416 e. The van der Waals surface area contributed by atoms with Crippen LogP contribution in [0.3, 0.4) is 0 Å². The summed E-state index contributed by atoms with van der Waals surface area (Å²) in [5, 5.41) is 2.68. The lowest BCUT2D eigenvalue weighted by Crippen LogP contribution is -2.25. The number of halogens is 3. The Bertz CT molecular complexity index is 447. The zero-order valence-corrected chi connectivity index (χ0v) is 10.8. The molecule has 19 heavy (non-hydrogen) atoms. The van der Waals surface area contributed by atoms with E-state index in [1.807, 2.05) is 13.8 Å². The molecule has 2 nitrogen and oxygen atoms in total. The summed E-state index contributed by atoms with van der Waals surface area (Å²) in [6.45, 7) is 4.51. The average molecular weight is 271 g/mol. The summed E-state index contributed by atoms with van der Waals surface area (Å²) in [6.07, 6.45) is -1.54. The first-order valence-electron chi connectivity index (χ1n) is 5.92. The number of carbonyl (C=O) groups is 1. The average Bonchev–Trinajstić information content (AvgIpc) is 2.33. The van der Waals surface area contributed by atoms with E-state index in [-0.39, 0.29) is 5.91 Å². The minimum Gasteiger partial charge on any atom is -0.352 e. The van der Waals surface area contributed by atoms with E-state index in [0.717, 1.165) is 12.1 Å². The van der Waals surface area contributed by atoms with Gasteiger partial charge in [0.15, 0.2) is 0 Å². The molecule has 0 bridgehead atoms. The first-order valence-corrected chi connectivity index (χ1v) is 5.92. The smallest absolute Gasteiger partial charge is 0.352 e. The molecule has 0 aromatic heterocycles. The molecule has 1 N–H and O–H groups in total. The van der Waals surface area contributed by atoms with Crippen LogP contribution < -0.4 is 5.32 Å². The van der Waals surface area contributed by atoms with Crippen LogP contribution >= 0.6 is 0 Å². The van der Waals surface area contributed by atoms with Crippen LogP contribution in [-0.2, 0) is 11.0 Å². The van der Waals surface area contributed by atoms with Crippen molar-refractivity contribution in [3.63, 3.8) is 0 Å². The van der Waals surface area contributed by atoms with E-state index in [0.29, 0.717) is 18.0 Å². The van der Waals surface area contributed by atoms with Gasteiger partial charge in [0.2, 0.25) is 5.91 Å². The predicted octanol–water partition coefficient (Wildman–Crippen LogP) is 3.49. The summed E-state index contributed by atoms with van der Waals surface area (Å²) in [6, 6.07) is 4.64. The van der Waals surface area contributed by atoms with E-state index in [9.17, 15) is 18.0 Å². The standard InChI is InChI=1S/C14H16F3NO/c1-10(2)9-18-13(19)8-5-11-3-6-12(7-4-11)14(15,16)17/h3-8,10H,9H2,1-2H3,(H,18,19). The number of rotatable bonds is 4. The van der Waals surface area contributed by atoms with Crippen LogP contribution in [0.1, 0.15) is 25.0 Å². The summed E-state index contributed by atoms with van der Waals surface area (Å²) < 4.78 is 37.0. The number of carbonyl (C=O) groups excluding carboxylic acids is 1. The number of amides is 1. The summed E-state index contributed by atoms with van der Waals surface area (Å²) >= 11 is 0. The van der Waals surface area contributed by atoms with Crippen LogP contribution in [0.4, 0.5) is 13.2 Å². The van der Waals surface area contributed by atoms with Gasteiger partial charge in [-0.15, -0.1) is 0 Å². The zero-order valence-electron chi connectivity index (χ0n) is 10.8. The Morgan fingerprint density at radius 3 is 2.32 bits per heavy atom. The maximum absolute atomic E-state index is 12.3. The molecule has 0 aliphatic carbocycles. The largest absolute Gasteiger partial charge is 0.416 e. The minimum atomic E-state index is -4.34. The molecule has 1 aromatic rings. The van der Waals surface area contributed by atoms with Crippen molar-refractivity contribution < 1.29 is 18.0 Å². The monoisotopic (exact) mass is 271 g/mol. The second-order valence-corrected chi connectivity index (χ2v) is 4.59. The van der Waals surface area contributed by atoms with Gasteiger partial charge in [-0.25, -0.2) is 0 Å². The fourth-order valence-electron chi connectivity index (χ4n) is 1.32. The Morgan fingerprint density at radius 2 is 1.84 bits per heavy atom. The van der Waals surface area contributed by atoms with Crippen LogP contribution in [0.5, 0.6) is 0 Å². The van der Waals surface area contributed by atoms with Gasteiger partial charge in [0.25, 0.3) is 0 Å². The van der Waals surface area contributed by atoms with Gasteiger partial charge in [-0.2, -0.15) is 13.2 Å². The lowest BCUT2D eigenvalue weighted by atomic mass is 10.1. The third kappa shape index (κ3) is 5.59. The topological polar surface area (TPSA) is 29.1 Å². The molecule has 0 radical (unpaired) electrons. The molecule has 1 rings (SSSR count). The highest BCUT2D eigenvalue weighted by Gasteiger charge is 2.29. The van der Waals surface area contributed by atoms with Crippen LogP contribution in [0.25, 0.3) is 6.08 Å². The van der Waals surface area contributed by atoms with Gasteiger partial charge >= 0.3 is 6.18 Å². The Kier molecular flexibility index (Phi) is 5.15. The molecule has 0 unspecified atom stereocenters. The highest BCUT2D eigenvalue weighted by Crippen LogP contribution is 2.29. The molecular weight excluding hydrogens is 255 g/mol. The van der Waals surface area contributed by atoms with Gasteiger partial charge < -0.3 is 5.32 Å². The number of alkyl halides is 3. The molecule has 0 fully saturated rings. The SMILES string of the molecule is CC(C)CNC(=O)C=Cc1ccc(C(F)(F)F)cc1. The molecule has 0 saturated heterocycles. The Morgan fingerprint density at radius 1 is 1.26 bits per heavy atom. The van der Waals surface area contributed by atoms with Crippen molar-refractivity contribution in [1.82, 2.24) is 5.32 Å². The normalized spacial score (nSPS) is 12.1. The second kappa shape index (κ2) is 6.41. The molecule has 5 heteroatoms. The molecule has 0 heterocycles. The van der Waals surface area contributed by atoms with Crippen molar-refractivity contribution in [3.8, 4) is 0 Å². The van der Waals surface area contributed by atoms with Crippen LogP contribution in [0.15, 0.2) is 30.3 Å². The third-order valence-corrected chi connectivity index (χ3v) is 2.35. The van der Waals surface area contributed by atoms with E-state index < -0.39 is 11.7 Å². The molecule has 104 valence electrons. The quantitative estimate of drug-likeness (QED) is 0.834. The van der Waals surface area contributed by atoms with Gasteiger partial charge in [0, 0.05) is 12.6 Å². The lowest BCUT2D eigenvalue weighted by Gasteiger charge is -2.06. The van der Waals surface area contributed by atoms with Crippen LogP contribution in [-0.4, -0.2) is 12.5 Å². The molecular formula is C14H16F3NO. The van der Waals surface area contributed by atoms with Crippen molar-refractivity contribution in [1.29, 1.82) is 0 Å². The first-order chi connectivity index (χ1) is 8.79. The highest BCUT2D eigenvalue weighted by atomic mass is 19.4. The van der Waals surface area contributed by atoms with Gasteiger partial charge in [0.05, 0.1) is 5.56 Å². The van der Waals surface area contributed by atoms with Gasteiger partial charge in [-0.3, -0.25) is 4.79 Å².